The SMILES string of the molecule is C=C1/C=C(c2ccc3[nH]ccc3c2)\C=C/CN(c2ccccc2)c2ccccc21. The quantitative estimate of drug-likeness (QED) is 0.401. The molecule has 0 aliphatic carbocycles. The summed E-state index contributed by atoms with van der Waals surface area (Å²) in [5, 5.41) is 1.22. The van der Waals surface area contributed by atoms with Gasteiger partial charge in [-0.25, -0.2) is 0 Å². The molecule has 0 unspecified atom stereocenters. The molecule has 0 amide bonds. The number of para-hydroxylation sites is 2. The molecule has 0 atom stereocenters. The maximum absolute atomic E-state index is 4.41. The Morgan fingerprint density at radius 2 is 1.69 bits per heavy atom. The van der Waals surface area contributed by atoms with E-state index in [1.807, 2.05) is 6.20 Å². The maximum Gasteiger partial charge on any atom is 0.0493 e. The Kier molecular flexibility index (Phi) is 4.38. The van der Waals surface area contributed by atoms with Gasteiger partial charge in [0, 0.05) is 35.2 Å². The summed E-state index contributed by atoms with van der Waals surface area (Å²) >= 11 is 0. The van der Waals surface area contributed by atoms with Gasteiger partial charge in [0.05, 0.1) is 0 Å². The highest BCUT2D eigenvalue weighted by Gasteiger charge is 2.15. The van der Waals surface area contributed by atoms with Crippen LogP contribution in [0.2, 0.25) is 0 Å². The van der Waals surface area contributed by atoms with Crippen molar-refractivity contribution >= 4 is 33.4 Å². The Labute approximate surface area is 171 Å². The van der Waals surface area contributed by atoms with Crippen molar-refractivity contribution in [2.45, 2.75) is 0 Å². The molecular formula is C27H22N2. The topological polar surface area (TPSA) is 19.0 Å². The number of fused-ring (bicyclic) bond motifs is 2. The van der Waals surface area contributed by atoms with E-state index in [2.05, 4.69) is 114 Å². The average Bonchev–Trinajstić information content (AvgIpc) is 3.25. The molecule has 2 heteroatoms. The number of rotatable bonds is 2. The summed E-state index contributed by atoms with van der Waals surface area (Å²) in [4.78, 5) is 5.60. The molecule has 1 N–H and O–H groups in total. The number of nitrogens with one attached hydrogen (secondary N) is 1. The highest BCUT2D eigenvalue weighted by molar-refractivity contribution is 5.93. The van der Waals surface area contributed by atoms with Crippen LogP contribution in [-0.4, -0.2) is 11.5 Å². The molecule has 2 heterocycles. The molecule has 5 rings (SSSR count). The van der Waals surface area contributed by atoms with Crippen LogP contribution in [0.1, 0.15) is 11.1 Å². The van der Waals surface area contributed by atoms with Crippen molar-refractivity contribution in [3.63, 3.8) is 0 Å². The molecule has 0 spiro atoms. The van der Waals surface area contributed by atoms with Crippen molar-refractivity contribution in [2.24, 2.45) is 0 Å². The summed E-state index contributed by atoms with van der Waals surface area (Å²) in [6, 6.07) is 27.7. The van der Waals surface area contributed by atoms with Crippen LogP contribution < -0.4 is 4.90 Å². The van der Waals surface area contributed by atoms with Crippen molar-refractivity contribution in [2.75, 3.05) is 11.4 Å². The minimum Gasteiger partial charge on any atom is -0.361 e. The molecular weight excluding hydrogens is 352 g/mol. The summed E-state index contributed by atoms with van der Waals surface area (Å²) in [7, 11) is 0. The molecule has 140 valence electrons. The summed E-state index contributed by atoms with van der Waals surface area (Å²) in [6.07, 6.45) is 8.61. The number of anilines is 2. The van der Waals surface area contributed by atoms with Gasteiger partial charge in [0.1, 0.15) is 0 Å². The van der Waals surface area contributed by atoms with Crippen LogP contribution in [0, 0.1) is 0 Å². The highest BCUT2D eigenvalue weighted by atomic mass is 15.1. The van der Waals surface area contributed by atoms with Crippen LogP contribution in [0.5, 0.6) is 0 Å². The monoisotopic (exact) mass is 374 g/mol. The first-order valence-electron chi connectivity index (χ1n) is 9.86. The number of benzene rings is 3. The molecule has 0 saturated heterocycles. The Bertz CT molecular complexity index is 1240. The zero-order chi connectivity index (χ0) is 19.6. The van der Waals surface area contributed by atoms with E-state index >= 15 is 0 Å². The molecule has 0 saturated carbocycles. The van der Waals surface area contributed by atoms with Crippen LogP contribution in [0.4, 0.5) is 11.4 Å². The van der Waals surface area contributed by atoms with E-state index in [0.717, 1.165) is 23.2 Å². The van der Waals surface area contributed by atoms with E-state index in [1.165, 1.54) is 27.9 Å². The molecule has 1 aliphatic rings. The van der Waals surface area contributed by atoms with E-state index in [0.29, 0.717) is 0 Å². The Hall–Kier alpha value is -3.78. The van der Waals surface area contributed by atoms with Crippen LogP contribution in [-0.2, 0) is 0 Å². The Morgan fingerprint density at radius 1 is 0.862 bits per heavy atom. The van der Waals surface area contributed by atoms with E-state index in [9.17, 15) is 0 Å². The average molecular weight is 374 g/mol. The van der Waals surface area contributed by atoms with Gasteiger partial charge < -0.3 is 9.88 Å². The molecule has 1 aliphatic heterocycles. The van der Waals surface area contributed by atoms with Gasteiger partial charge in [-0.05, 0) is 64.6 Å². The molecule has 0 bridgehead atoms. The number of allylic oxidation sites excluding steroid dienone is 4. The van der Waals surface area contributed by atoms with Gasteiger partial charge >= 0.3 is 0 Å². The largest absolute Gasteiger partial charge is 0.361 e. The molecule has 29 heavy (non-hydrogen) atoms. The number of aromatic nitrogens is 1. The van der Waals surface area contributed by atoms with E-state index in [4.69, 9.17) is 0 Å². The summed E-state index contributed by atoms with van der Waals surface area (Å²) in [5.41, 5.74) is 8.03. The second-order valence-electron chi connectivity index (χ2n) is 7.27. The van der Waals surface area contributed by atoms with Gasteiger partial charge in [0.15, 0.2) is 0 Å². The zero-order valence-corrected chi connectivity index (χ0v) is 16.2. The van der Waals surface area contributed by atoms with Crippen LogP contribution in [0.25, 0.3) is 22.0 Å². The first-order valence-corrected chi connectivity index (χ1v) is 9.86. The van der Waals surface area contributed by atoms with Crippen molar-refractivity contribution in [3.8, 4) is 0 Å². The standard InChI is InChI=1S/C27H22N2/c1-20-18-21(22-13-14-26-23(19-22)15-16-28-26)8-7-17-29(24-9-3-2-4-10-24)27-12-6-5-11-25(20)27/h2-16,18-19,28H,1,17H2/b8-7-,21-18+. The predicted octanol–water partition coefficient (Wildman–Crippen LogP) is 6.97. The second kappa shape index (κ2) is 7.33. The Morgan fingerprint density at radius 3 is 2.59 bits per heavy atom. The van der Waals surface area contributed by atoms with E-state index in [1.54, 1.807) is 0 Å². The lowest BCUT2D eigenvalue weighted by atomic mass is 9.98. The van der Waals surface area contributed by atoms with Crippen molar-refractivity contribution in [1.82, 2.24) is 4.98 Å². The number of nitrogens with zero attached hydrogens (tertiary/aromatic N) is 1. The lowest BCUT2D eigenvalue weighted by Crippen LogP contribution is -2.17. The number of H-pyrrole nitrogens is 1. The second-order valence-corrected chi connectivity index (χ2v) is 7.27. The van der Waals surface area contributed by atoms with Gasteiger partial charge in [0.25, 0.3) is 0 Å². The van der Waals surface area contributed by atoms with Crippen LogP contribution in [0.3, 0.4) is 0 Å². The van der Waals surface area contributed by atoms with Gasteiger partial charge in [-0.1, -0.05) is 61.2 Å². The zero-order valence-electron chi connectivity index (χ0n) is 16.2. The number of hydrogen-bond donors (Lipinski definition) is 1. The van der Waals surface area contributed by atoms with E-state index in [-0.39, 0.29) is 0 Å². The molecule has 4 aromatic rings. The third kappa shape index (κ3) is 3.30. The van der Waals surface area contributed by atoms with Gasteiger partial charge in [-0.2, -0.15) is 0 Å². The fourth-order valence-electron chi connectivity index (χ4n) is 3.94. The smallest absolute Gasteiger partial charge is 0.0493 e. The number of hydrogen-bond acceptors (Lipinski definition) is 1. The van der Waals surface area contributed by atoms with Crippen LogP contribution in [0.15, 0.2) is 110 Å². The summed E-state index contributed by atoms with van der Waals surface area (Å²) < 4.78 is 0. The molecule has 0 fully saturated rings. The highest BCUT2D eigenvalue weighted by Crippen LogP contribution is 2.35. The molecule has 3 aromatic carbocycles. The minimum atomic E-state index is 0.790. The third-order valence-corrected chi connectivity index (χ3v) is 5.41. The van der Waals surface area contributed by atoms with E-state index < -0.39 is 0 Å². The fourth-order valence-corrected chi connectivity index (χ4v) is 3.94. The first-order chi connectivity index (χ1) is 14.3. The third-order valence-electron chi connectivity index (χ3n) is 5.41. The molecule has 1 aromatic heterocycles. The molecule has 2 nitrogen and oxygen atoms in total. The lowest BCUT2D eigenvalue weighted by Gasteiger charge is -2.26. The van der Waals surface area contributed by atoms with Crippen molar-refractivity contribution in [1.29, 1.82) is 0 Å². The minimum absolute atomic E-state index is 0.790. The van der Waals surface area contributed by atoms with Gasteiger partial charge in [-0.3, -0.25) is 0 Å². The van der Waals surface area contributed by atoms with Crippen molar-refractivity contribution in [3.05, 3.63) is 121 Å². The lowest BCUT2D eigenvalue weighted by molar-refractivity contribution is 1.09. The first kappa shape index (κ1) is 17.3. The van der Waals surface area contributed by atoms with Crippen LogP contribution >= 0.6 is 0 Å². The van der Waals surface area contributed by atoms with Gasteiger partial charge in [0.2, 0.25) is 0 Å². The fraction of sp³-hybridized carbons (Fsp3) is 0.0370. The normalized spacial score (nSPS) is 17.0. The number of aromatic amines is 1. The molecule has 0 radical (unpaired) electrons. The predicted molar refractivity (Wildman–Crippen MR) is 124 cm³/mol. The summed E-state index contributed by atoms with van der Waals surface area (Å²) in [6.45, 7) is 5.20. The van der Waals surface area contributed by atoms with Crippen molar-refractivity contribution < 1.29 is 0 Å². The summed E-state index contributed by atoms with van der Waals surface area (Å²) in [5.74, 6) is 0. The Balaban J connectivity index is 1.63. The van der Waals surface area contributed by atoms with Gasteiger partial charge in [-0.15, -0.1) is 0 Å². The maximum atomic E-state index is 4.41.